The molecular formula is C9H15N3O2. The van der Waals surface area contributed by atoms with Crippen molar-refractivity contribution in [2.45, 2.75) is 12.8 Å². The highest BCUT2D eigenvalue weighted by molar-refractivity contribution is 5.85. The molecule has 1 aliphatic heterocycles. The second-order valence-corrected chi connectivity index (χ2v) is 3.64. The first-order chi connectivity index (χ1) is 6.60. The Hall–Kier alpha value is -1.12. The summed E-state index contributed by atoms with van der Waals surface area (Å²) in [5.41, 5.74) is 1.72. The molecule has 0 aromatic rings. The summed E-state index contributed by atoms with van der Waals surface area (Å²) >= 11 is 0. The van der Waals surface area contributed by atoms with Crippen LogP contribution in [-0.4, -0.2) is 38.2 Å². The molecule has 0 spiro atoms. The maximum Gasteiger partial charge on any atom is 0.254 e. The van der Waals surface area contributed by atoms with Crippen molar-refractivity contribution in [1.29, 1.82) is 5.26 Å². The van der Waals surface area contributed by atoms with E-state index in [1.54, 1.807) is 19.1 Å². The molecule has 1 fully saturated rings. The van der Waals surface area contributed by atoms with Gasteiger partial charge < -0.3 is 4.74 Å². The van der Waals surface area contributed by atoms with E-state index in [1.165, 1.54) is 0 Å². The highest BCUT2D eigenvalue weighted by Gasteiger charge is 2.40. The van der Waals surface area contributed by atoms with Crippen LogP contribution in [0, 0.1) is 16.7 Å². The van der Waals surface area contributed by atoms with Crippen molar-refractivity contribution in [3.05, 3.63) is 0 Å². The normalized spacial score (nSPS) is 20.1. The Morgan fingerprint density at radius 3 is 2.50 bits per heavy atom. The van der Waals surface area contributed by atoms with Crippen LogP contribution in [-0.2, 0) is 9.53 Å². The van der Waals surface area contributed by atoms with Gasteiger partial charge in [0, 0.05) is 27.3 Å². The standard InChI is InChI=1S/C9H15N3O2/c1-12(2)11-8(13)9(7-10)3-5-14-6-4-9/h3-6H2,1-2H3,(H,11,13). The third-order valence-corrected chi connectivity index (χ3v) is 2.32. The number of amides is 1. The average molecular weight is 197 g/mol. The second-order valence-electron chi connectivity index (χ2n) is 3.64. The second kappa shape index (κ2) is 4.40. The number of carbonyl (C=O) groups excluding carboxylic acids is 1. The zero-order valence-electron chi connectivity index (χ0n) is 8.54. The van der Waals surface area contributed by atoms with Gasteiger partial charge in [-0.25, -0.2) is 5.01 Å². The summed E-state index contributed by atoms with van der Waals surface area (Å²) in [5, 5.41) is 10.6. The van der Waals surface area contributed by atoms with Crippen molar-refractivity contribution in [3.8, 4) is 6.07 Å². The fourth-order valence-corrected chi connectivity index (χ4v) is 1.42. The lowest BCUT2D eigenvalue weighted by Gasteiger charge is -2.30. The van der Waals surface area contributed by atoms with E-state index < -0.39 is 5.41 Å². The Morgan fingerprint density at radius 1 is 1.50 bits per heavy atom. The molecule has 5 heteroatoms. The predicted molar refractivity (Wildman–Crippen MR) is 49.9 cm³/mol. The van der Waals surface area contributed by atoms with Gasteiger partial charge in [0.2, 0.25) is 0 Å². The molecule has 0 aromatic carbocycles. The van der Waals surface area contributed by atoms with Gasteiger partial charge in [0.05, 0.1) is 6.07 Å². The number of hydrogen-bond donors (Lipinski definition) is 1. The van der Waals surface area contributed by atoms with Gasteiger partial charge in [-0.2, -0.15) is 5.26 Å². The first-order valence-electron chi connectivity index (χ1n) is 4.58. The van der Waals surface area contributed by atoms with Crippen LogP contribution >= 0.6 is 0 Å². The summed E-state index contributed by atoms with van der Waals surface area (Å²) in [5.74, 6) is -0.228. The maximum atomic E-state index is 11.7. The summed E-state index contributed by atoms with van der Waals surface area (Å²) < 4.78 is 5.14. The van der Waals surface area contributed by atoms with Gasteiger partial charge in [0.1, 0.15) is 5.41 Å². The van der Waals surface area contributed by atoms with E-state index in [0.717, 1.165) is 0 Å². The topological polar surface area (TPSA) is 65.4 Å². The number of ether oxygens (including phenoxy) is 1. The Morgan fingerprint density at radius 2 is 2.07 bits per heavy atom. The Labute approximate surface area is 83.6 Å². The van der Waals surface area contributed by atoms with Gasteiger partial charge >= 0.3 is 0 Å². The zero-order chi connectivity index (χ0) is 10.6. The lowest BCUT2D eigenvalue weighted by atomic mass is 9.81. The molecule has 1 N–H and O–H groups in total. The molecule has 0 saturated carbocycles. The van der Waals surface area contributed by atoms with Gasteiger partial charge in [-0.05, 0) is 12.8 Å². The van der Waals surface area contributed by atoms with Crippen LogP contribution in [0.25, 0.3) is 0 Å². The molecule has 0 aliphatic carbocycles. The van der Waals surface area contributed by atoms with Crippen molar-refractivity contribution in [3.63, 3.8) is 0 Å². The number of nitrogens with zero attached hydrogens (tertiary/aromatic N) is 2. The number of hydrogen-bond acceptors (Lipinski definition) is 4. The van der Waals surface area contributed by atoms with Crippen LogP contribution in [0.2, 0.25) is 0 Å². The minimum Gasteiger partial charge on any atom is -0.381 e. The Bertz CT molecular complexity index is 251. The monoisotopic (exact) mass is 197 g/mol. The molecule has 1 heterocycles. The number of hydrazine groups is 1. The minimum absolute atomic E-state index is 0.228. The fourth-order valence-electron chi connectivity index (χ4n) is 1.42. The van der Waals surface area contributed by atoms with Gasteiger partial charge in [-0.1, -0.05) is 0 Å². The fraction of sp³-hybridized carbons (Fsp3) is 0.778. The number of nitrogens with one attached hydrogen (secondary N) is 1. The first-order valence-corrected chi connectivity index (χ1v) is 4.58. The van der Waals surface area contributed by atoms with Crippen LogP contribution in [0.15, 0.2) is 0 Å². The largest absolute Gasteiger partial charge is 0.381 e. The molecule has 0 bridgehead atoms. The van der Waals surface area contributed by atoms with Crippen LogP contribution in [0.3, 0.4) is 0 Å². The van der Waals surface area contributed by atoms with Crippen molar-refractivity contribution in [2.75, 3.05) is 27.3 Å². The average Bonchev–Trinajstić information content (AvgIpc) is 2.18. The van der Waals surface area contributed by atoms with Crippen molar-refractivity contribution >= 4 is 5.91 Å². The Kier molecular flexibility index (Phi) is 3.44. The summed E-state index contributed by atoms with van der Waals surface area (Å²) in [4.78, 5) is 11.7. The number of carbonyl (C=O) groups is 1. The van der Waals surface area contributed by atoms with Crippen LogP contribution < -0.4 is 5.43 Å². The molecule has 1 saturated heterocycles. The van der Waals surface area contributed by atoms with Gasteiger partial charge in [0.25, 0.3) is 5.91 Å². The predicted octanol–water partition coefficient (Wildman–Crippen LogP) is -0.100. The van der Waals surface area contributed by atoms with Crippen molar-refractivity contribution < 1.29 is 9.53 Å². The summed E-state index contributed by atoms with van der Waals surface area (Å²) in [7, 11) is 3.45. The summed E-state index contributed by atoms with van der Waals surface area (Å²) in [6, 6.07) is 2.10. The lowest BCUT2D eigenvalue weighted by Crippen LogP contribution is -2.48. The molecule has 0 unspecified atom stereocenters. The molecular weight excluding hydrogens is 182 g/mol. The molecule has 0 radical (unpaired) electrons. The van der Waals surface area contributed by atoms with E-state index in [0.29, 0.717) is 26.1 Å². The van der Waals surface area contributed by atoms with E-state index >= 15 is 0 Å². The first kappa shape index (κ1) is 11.0. The summed E-state index contributed by atoms with van der Waals surface area (Å²) in [6.07, 6.45) is 0.951. The highest BCUT2D eigenvalue weighted by atomic mass is 16.5. The van der Waals surface area contributed by atoms with Crippen molar-refractivity contribution in [2.24, 2.45) is 5.41 Å². The highest BCUT2D eigenvalue weighted by Crippen LogP contribution is 2.29. The van der Waals surface area contributed by atoms with E-state index in [9.17, 15) is 4.79 Å². The molecule has 0 atom stereocenters. The lowest BCUT2D eigenvalue weighted by molar-refractivity contribution is -0.136. The van der Waals surface area contributed by atoms with Gasteiger partial charge in [-0.3, -0.25) is 10.2 Å². The quantitative estimate of drug-likeness (QED) is 0.628. The maximum absolute atomic E-state index is 11.7. The molecule has 5 nitrogen and oxygen atoms in total. The SMILES string of the molecule is CN(C)NC(=O)C1(C#N)CCOCC1. The number of nitriles is 1. The molecule has 0 aromatic heterocycles. The third kappa shape index (κ3) is 2.22. The van der Waals surface area contributed by atoms with E-state index in [-0.39, 0.29) is 5.91 Å². The molecule has 1 amide bonds. The van der Waals surface area contributed by atoms with Crippen molar-refractivity contribution in [1.82, 2.24) is 10.4 Å². The van der Waals surface area contributed by atoms with Gasteiger partial charge in [-0.15, -0.1) is 0 Å². The third-order valence-electron chi connectivity index (χ3n) is 2.32. The Balaban J connectivity index is 2.69. The zero-order valence-corrected chi connectivity index (χ0v) is 8.54. The summed E-state index contributed by atoms with van der Waals surface area (Å²) in [6.45, 7) is 0.961. The molecule has 14 heavy (non-hydrogen) atoms. The van der Waals surface area contributed by atoms with Gasteiger partial charge in [0.15, 0.2) is 0 Å². The smallest absolute Gasteiger partial charge is 0.254 e. The van der Waals surface area contributed by atoms with Crippen LogP contribution in [0.4, 0.5) is 0 Å². The number of rotatable bonds is 2. The van der Waals surface area contributed by atoms with Crippen LogP contribution in [0.5, 0.6) is 0 Å². The minimum atomic E-state index is -0.900. The molecule has 78 valence electrons. The van der Waals surface area contributed by atoms with E-state index in [2.05, 4.69) is 11.5 Å². The molecule has 1 rings (SSSR count). The van der Waals surface area contributed by atoms with E-state index in [4.69, 9.17) is 10.00 Å². The van der Waals surface area contributed by atoms with E-state index in [1.807, 2.05) is 0 Å². The van der Waals surface area contributed by atoms with Crippen LogP contribution in [0.1, 0.15) is 12.8 Å². The molecule has 1 aliphatic rings.